The zero-order chi connectivity index (χ0) is 15.5. The van der Waals surface area contributed by atoms with Gasteiger partial charge in [-0.05, 0) is 31.3 Å². The minimum Gasteiger partial charge on any atom is -0.400 e. The summed E-state index contributed by atoms with van der Waals surface area (Å²) in [4.78, 5) is 12.2. The van der Waals surface area contributed by atoms with Crippen LogP contribution in [0.4, 0.5) is 11.4 Å². The second-order valence-electron chi connectivity index (χ2n) is 4.60. The summed E-state index contributed by atoms with van der Waals surface area (Å²) in [6, 6.07) is 8.01. The number of nitrogens with two attached hydrogens (primary N) is 1. The van der Waals surface area contributed by atoms with E-state index in [1.807, 2.05) is 38.4 Å². The monoisotopic (exact) mass is 292 g/mol. The average Bonchev–Trinajstić information content (AvgIpc) is 2.50. The van der Waals surface area contributed by atoms with Gasteiger partial charge in [-0.1, -0.05) is 0 Å². The summed E-state index contributed by atoms with van der Waals surface area (Å²) < 4.78 is 5.14. The molecule has 0 bridgehead atoms. The van der Waals surface area contributed by atoms with Crippen molar-refractivity contribution in [2.75, 3.05) is 50.6 Å². The number of anilines is 2. The van der Waals surface area contributed by atoms with Gasteiger partial charge in [0.2, 0.25) is 0 Å². The Bertz CT molecular complexity index is 445. The smallest absolute Gasteiger partial charge is 0.145 e. The number of benzene rings is 1. The Kier molecular flexibility index (Phi) is 7.93. The van der Waals surface area contributed by atoms with E-state index in [2.05, 4.69) is 15.5 Å². The van der Waals surface area contributed by atoms with Crippen molar-refractivity contribution >= 4 is 17.7 Å². The van der Waals surface area contributed by atoms with Crippen LogP contribution < -0.4 is 21.3 Å². The van der Waals surface area contributed by atoms with E-state index in [4.69, 9.17) is 10.5 Å². The van der Waals surface area contributed by atoms with Crippen molar-refractivity contribution in [2.45, 2.75) is 0 Å². The Balaban J connectivity index is 2.45. The topological polar surface area (TPSA) is 79.6 Å². The van der Waals surface area contributed by atoms with Gasteiger partial charge in [0.1, 0.15) is 12.9 Å². The number of likely N-dealkylation sites (N-methyl/N-ethyl adjacent to an activating group) is 2. The molecule has 0 atom stereocenters. The van der Waals surface area contributed by atoms with E-state index in [9.17, 15) is 4.79 Å². The van der Waals surface area contributed by atoms with E-state index in [-0.39, 0.29) is 6.61 Å². The quantitative estimate of drug-likeness (QED) is 0.437. The highest BCUT2D eigenvalue weighted by molar-refractivity contribution is 5.55. The summed E-state index contributed by atoms with van der Waals surface area (Å²) in [5.41, 5.74) is 8.58. The fourth-order valence-corrected chi connectivity index (χ4v) is 1.71. The second kappa shape index (κ2) is 9.79. The molecule has 6 heteroatoms. The molecule has 21 heavy (non-hydrogen) atoms. The van der Waals surface area contributed by atoms with E-state index in [1.165, 1.54) is 0 Å². The second-order valence-corrected chi connectivity index (χ2v) is 4.60. The number of aldehydes is 1. The van der Waals surface area contributed by atoms with Crippen molar-refractivity contribution in [2.24, 2.45) is 5.73 Å². The van der Waals surface area contributed by atoms with E-state index in [1.54, 1.807) is 6.20 Å². The van der Waals surface area contributed by atoms with Crippen molar-refractivity contribution in [3.8, 4) is 0 Å². The molecule has 4 N–H and O–H groups in total. The molecule has 1 aromatic carbocycles. The Morgan fingerprint density at radius 1 is 1.38 bits per heavy atom. The number of carbonyl (C=O) groups excluding carboxylic acids is 1. The first kappa shape index (κ1) is 17.0. The van der Waals surface area contributed by atoms with Gasteiger partial charge in [-0.2, -0.15) is 0 Å². The van der Waals surface area contributed by atoms with Crippen LogP contribution in [0.1, 0.15) is 0 Å². The summed E-state index contributed by atoms with van der Waals surface area (Å²) in [5.74, 6) is 0. The van der Waals surface area contributed by atoms with Crippen LogP contribution in [0.15, 0.2) is 36.2 Å². The maximum absolute atomic E-state index is 10.1. The molecule has 0 fully saturated rings. The third-order valence-electron chi connectivity index (χ3n) is 2.87. The normalized spacial score (nSPS) is 11.2. The lowest BCUT2D eigenvalue weighted by Gasteiger charge is -2.19. The lowest BCUT2D eigenvalue weighted by atomic mass is 10.2. The fraction of sp³-hybridized carbons (Fsp3) is 0.400. The van der Waals surface area contributed by atoms with Crippen LogP contribution in [-0.2, 0) is 9.53 Å². The lowest BCUT2D eigenvalue weighted by Crippen LogP contribution is -2.22. The molecule has 0 aromatic heterocycles. The molecule has 0 radical (unpaired) electrons. The van der Waals surface area contributed by atoms with Crippen LogP contribution in [0.5, 0.6) is 0 Å². The molecule has 0 aliphatic rings. The standard InChI is InChI=1S/C15H24N4O2/c1-17-11-13(16)12-18-14-3-5-15(6-4-14)19(2)7-9-21-10-8-20/h3-6,8,12,17-18H,7,9-11,16H2,1-2H3/b13-12-. The van der Waals surface area contributed by atoms with Crippen molar-refractivity contribution in [1.82, 2.24) is 5.32 Å². The van der Waals surface area contributed by atoms with Gasteiger partial charge in [0.15, 0.2) is 0 Å². The molecule has 6 nitrogen and oxygen atoms in total. The number of ether oxygens (including phenoxy) is 1. The van der Waals surface area contributed by atoms with Crippen LogP contribution >= 0.6 is 0 Å². The van der Waals surface area contributed by atoms with Crippen molar-refractivity contribution in [3.05, 3.63) is 36.2 Å². The molecule has 0 saturated heterocycles. The summed E-state index contributed by atoms with van der Waals surface area (Å²) >= 11 is 0. The van der Waals surface area contributed by atoms with Crippen LogP contribution in [0.3, 0.4) is 0 Å². The van der Waals surface area contributed by atoms with Gasteiger partial charge >= 0.3 is 0 Å². The molecule has 116 valence electrons. The first-order chi connectivity index (χ1) is 10.2. The van der Waals surface area contributed by atoms with Gasteiger partial charge in [-0.25, -0.2) is 0 Å². The van der Waals surface area contributed by atoms with Gasteiger partial charge in [0, 0.05) is 43.4 Å². The van der Waals surface area contributed by atoms with E-state index in [0.29, 0.717) is 13.2 Å². The molecule has 0 amide bonds. The highest BCUT2D eigenvalue weighted by Gasteiger charge is 2.00. The number of hydrogen-bond donors (Lipinski definition) is 3. The van der Waals surface area contributed by atoms with Crippen molar-refractivity contribution in [1.29, 1.82) is 0 Å². The third kappa shape index (κ3) is 6.78. The van der Waals surface area contributed by atoms with Crippen molar-refractivity contribution in [3.63, 3.8) is 0 Å². The van der Waals surface area contributed by atoms with Crippen LogP contribution in [0.25, 0.3) is 0 Å². The molecule has 0 spiro atoms. The highest BCUT2D eigenvalue weighted by Crippen LogP contribution is 2.16. The van der Waals surface area contributed by atoms with Gasteiger partial charge in [0.25, 0.3) is 0 Å². The minimum atomic E-state index is 0.150. The highest BCUT2D eigenvalue weighted by atomic mass is 16.5. The Hall–Kier alpha value is -2.05. The summed E-state index contributed by atoms with van der Waals surface area (Å²) in [7, 11) is 3.83. The zero-order valence-corrected chi connectivity index (χ0v) is 12.6. The van der Waals surface area contributed by atoms with Crippen LogP contribution in [0.2, 0.25) is 0 Å². The predicted octanol–water partition coefficient (Wildman–Crippen LogP) is 0.770. The maximum atomic E-state index is 10.1. The van der Waals surface area contributed by atoms with Gasteiger partial charge in [0.05, 0.1) is 6.61 Å². The Morgan fingerprint density at radius 2 is 2.10 bits per heavy atom. The Labute approximate surface area is 126 Å². The van der Waals surface area contributed by atoms with Gasteiger partial charge < -0.3 is 30.8 Å². The molecule has 0 heterocycles. The van der Waals surface area contributed by atoms with Crippen LogP contribution in [0, 0.1) is 0 Å². The number of nitrogens with one attached hydrogen (secondary N) is 2. The molecular weight excluding hydrogens is 268 g/mol. The number of carbonyl (C=O) groups is 1. The van der Waals surface area contributed by atoms with Gasteiger partial charge in [-0.15, -0.1) is 0 Å². The third-order valence-corrected chi connectivity index (χ3v) is 2.87. The average molecular weight is 292 g/mol. The summed E-state index contributed by atoms with van der Waals surface area (Å²) in [6.07, 6.45) is 2.54. The number of hydrogen-bond acceptors (Lipinski definition) is 6. The molecular formula is C15H24N4O2. The zero-order valence-electron chi connectivity index (χ0n) is 12.6. The molecule has 0 aliphatic carbocycles. The predicted molar refractivity (Wildman–Crippen MR) is 86.4 cm³/mol. The minimum absolute atomic E-state index is 0.150. The van der Waals surface area contributed by atoms with E-state index >= 15 is 0 Å². The first-order valence-corrected chi connectivity index (χ1v) is 6.85. The first-order valence-electron chi connectivity index (χ1n) is 6.85. The fourth-order valence-electron chi connectivity index (χ4n) is 1.71. The molecule has 0 unspecified atom stereocenters. The number of rotatable bonds is 10. The summed E-state index contributed by atoms with van der Waals surface area (Å²) in [6.45, 7) is 2.06. The summed E-state index contributed by atoms with van der Waals surface area (Å²) in [5, 5.41) is 6.13. The molecule has 0 aliphatic heterocycles. The molecule has 1 rings (SSSR count). The molecule has 1 aromatic rings. The van der Waals surface area contributed by atoms with E-state index < -0.39 is 0 Å². The van der Waals surface area contributed by atoms with Crippen LogP contribution in [-0.4, -0.2) is 46.7 Å². The van der Waals surface area contributed by atoms with E-state index in [0.717, 1.165) is 29.9 Å². The van der Waals surface area contributed by atoms with Gasteiger partial charge in [-0.3, -0.25) is 0 Å². The van der Waals surface area contributed by atoms with Crippen molar-refractivity contribution < 1.29 is 9.53 Å². The molecule has 0 saturated carbocycles. The SMILES string of the molecule is CNC/C(N)=C/Nc1ccc(N(C)CCOCC=O)cc1. The maximum Gasteiger partial charge on any atom is 0.145 e. The Morgan fingerprint density at radius 3 is 2.71 bits per heavy atom. The largest absolute Gasteiger partial charge is 0.400 e. The lowest BCUT2D eigenvalue weighted by molar-refractivity contribution is -0.111. The number of nitrogens with zero attached hydrogens (tertiary/aromatic N) is 1.